The van der Waals surface area contributed by atoms with Crippen molar-refractivity contribution in [2.24, 2.45) is 7.05 Å². The molecule has 1 aliphatic rings. The van der Waals surface area contributed by atoms with E-state index in [1.807, 2.05) is 6.07 Å². The summed E-state index contributed by atoms with van der Waals surface area (Å²) in [4.78, 5) is 2.20. The van der Waals surface area contributed by atoms with Crippen LogP contribution in [0.2, 0.25) is 0 Å². The van der Waals surface area contributed by atoms with E-state index in [2.05, 4.69) is 34.0 Å². The number of anilines is 2. The van der Waals surface area contributed by atoms with E-state index in [0.717, 1.165) is 30.7 Å². The summed E-state index contributed by atoms with van der Waals surface area (Å²) in [6.07, 6.45) is 2.17. The van der Waals surface area contributed by atoms with Gasteiger partial charge >= 0.3 is 0 Å². The molecule has 3 N–H and O–H groups in total. The number of nitrogens with zero attached hydrogens (tertiary/aromatic N) is 2. The number of benzene rings is 2. The molecule has 0 aliphatic carbocycles. The van der Waals surface area contributed by atoms with E-state index in [9.17, 15) is 18.6 Å². The molecule has 2 aromatic carbocycles. The number of hydrogen-bond donors (Lipinski definition) is 3. The monoisotopic (exact) mass is 415 g/mol. The van der Waals surface area contributed by atoms with Crippen LogP contribution in [0.3, 0.4) is 0 Å². The molecule has 0 saturated carbocycles. The Morgan fingerprint density at radius 3 is 2.52 bits per heavy atom. The summed E-state index contributed by atoms with van der Waals surface area (Å²) in [6.45, 7) is 2.16. The molecule has 0 spiro atoms. The van der Waals surface area contributed by atoms with E-state index < -0.39 is 9.84 Å². The summed E-state index contributed by atoms with van der Waals surface area (Å²) in [5.74, 6) is -0.137. The van der Waals surface area contributed by atoms with Crippen LogP contribution in [-0.4, -0.2) is 53.2 Å². The van der Waals surface area contributed by atoms with Crippen LogP contribution in [0.25, 0.3) is 10.9 Å². The van der Waals surface area contributed by atoms with Crippen LogP contribution in [0, 0.1) is 0 Å². The summed E-state index contributed by atoms with van der Waals surface area (Å²) >= 11 is 0. The van der Waals surface area contributed by atoms with E-state index in [4.69, 9.17) is 0 Å². The Morgan fingerprint density at radius 1 is 1.07 bits per heavy atom. The summed E-state index contributed by atoms with van der Waals surface area (Å²) in [5.41, 5.74) is 5.22. The highest BCUT2D eigenvalue weighted by Gasteiger charge is 2.23. The number of aromatic nitrogens is 1. The second-order valence-corrected chi connectivity index (χ2v) is 9.96. The number of rotatable bonds is 5. The topological polar surface area (TPSA) is 94.8 Å². The Labute approximate surface area is 170 Å². The van der Waals surface area contributed by atoms with Gasteiger partial charge in [0.05, 0.1) is 11.3 Å². The lowest BCUT2D eigenvalue weighted by Crippen LogP contribution is -2.34. The highest BCUT2D eigenvalue weighted by Crippen LogP contribution is 2.34. The highest BCUT2D eigenvalue weighted by atomic mass is 32.2. The number of hydrogen-bond acceptors (Lipinski definition) is 6. The zero-order valence-corrected chi connectivity index (χ0v) is 17.3. The quantitative estimate of drug-likeness (QED) is 0.438. The van der Waals surface area contributed by atoms with Crippen LogP contribution in [0.1, 0.15) is 11.3 Å². The molecule has 0 fully saturated rings. The van der Waals surface area contributed by atoms with Crippen molar-refractivity contribution in [1.29, 1.82) is 0 Å². The first-order chi connectivity index (χ1) is 13.7. The molecule has 0 saturated heterocycles. The summed E-state index contributed by atoms with van der Waals surface area (Å²) in [6, 6.07) is 10.8. The Bertz CT molecular complexity index is 1180. The molecule has 0 bridgehead atoms. The van der Waals surface area contributed by atoms with Crippen LogP contribution in [0.5, 0.6) is 11.5 Å². The van der Waals surface area contributed by atoms with Crippen molar-refractivity contribution in [2.75, 3.05) is 30.4 Å². The SMILES string of the molecule is Cn1c2c(c3ccc(Nc4ccc(O)c(O)c4)cc31)CN(CCS(C)(=O)=O)CC2. The van der Waals surface area contributed by atoms with Gasteiger partial charge < -0.3 is 20.1 Å². The van der Waals surface area contributed by atoms with E-state index in [1.165, 1.54) is 35.0 Å². The van der Waals surface area contributed by atoms with Crippen LogP contribution in [-0.2, 0) is 29.9 Å². The molecule has 154 valence electrons. The fraction of sp³-hybridized carbons (Fsp3) is 0.333. The Balaban J connectivity index is 1.61. The third-order valence-electron chi connectivity index (χ3n) is 5.53. The molecule has 1 aliphatic heterocycles. The average Bonchev–Trinajstić information content (AvgIpc) is 2.94. The second-order valence-electron chi connectivity index (χ2n) is 7.70. The molecule has 0 radical (unpaired) electrons. The van der Waals surface area contributed by atoms with Gasteiger partial charge in [-0.1, -0.05) is 6.07 Å². The first-order valence-corrected chi connectivity index (χ1v) is 11.6. The van der Waals surface area contributed by atoms with Gasteiger partial charge in [0, 0.05) is 67.9 Å². The highest BCUT2D eigenvalue weighted by molar-refractivity contribution is 7.90. The number of aromatic hydroxyl groups is 2. The van der Waals surface area contributed by atoms with Crippen LogP contribution < -0.4 is 5.32 Å². The number of fused-ring (bicyclic) bond motifs is 3. The van der Waals surface area contributed by atoms with Gasteiger partial charge in [0.15, 0.2) is 11.5 Å². The van der Waals surface area contributed by atoms with Gasteiger partial charge in [0.2, 0.25) is 0 Å². The lowest BCUT2D eigenvalue weighted by molar-refractivity contribution is 0.267. The Morgan fingerprint density at radius 2 is 1.79 bits per heavy atom. The molecule has 29 heavy (non-hydrogen) atoms. The number of sulfone groups is 1. The normalized spacial score (nSPS) is 14.8. The molecule has 1 aromatic heterocycles. The second kappa shape index (κ2) is 7.27. The largest absolute Gasteiger partial charge is 0.504 e. The van der Waals surface area contributed by atoms with Gasteiger partial charge in [-0.25, -0.2) is 8.42 Å². The predicted octanol–water partition coefficient (Wildman–Crippen LogP) is 2.74. The summed E-state index contributed by atoms with van der Waals surface area (Å²) in [5, 5.41) is 23.6. The third-order valence-corrected chi connectivity index (χ3v) is 6.45. The summed E-state index contributed by atoms with van der Waals surface area (Å²) < 4.78 is 25.2. The third kappa shape index (κ3) is 4.04. The van der Waals surface area contributed by atoms with Crippen molar-refractivity contribution in [3.05, 3.63) is 47.7 Å². The van der Waals surface area contributed by atoms with E-state index in [0.29, 0.717) is 12.2 Å². The van der Waals surface area contributed by atoms with Crippen molar-refractivity contribution in [2.45, 2.75) is 13.0 Å². The smallest absolute Gasteiger partial charge is 0.159 e. The minimum atomic E-state index is -2.97. The lowest BCUT2D eigenvalue weighted by Gasteiger charge is -2.27. The first kappa shape index (κ1) is 19.6. The van der Waals surface area contributed by atoms with Crippen LogP contribution in [0.15, 0.2) is 36.4 Å². The van der Waals surface area contributed by atoms with E-state index >= 15 is 0 Å². The van der Waals surface area contributed by atoms with Gasteiger partial charge in [0.25, 0.3) is 0 Å². The standard InChI is InChI=1S/C21H25N3O4S/c1-23-18-7-8-24(9-10-29(2,27)28)13-17(18)16-5-3-14(11-19(16)23)22-15-4-6-20(25)21(26)12-15/h3-6,11-12,22,25-26H,7-10,13H2,1-2H3. The fourth-order valence-corrected chi connectivity index (χ4v) is 4.55. The van der Waals surface area contributed by atoms with Crippen LogP contribution >= 0.6 is 0 Å². The summed E-state index contributed by atoms with van der Waals surface area (Å²) in [7, 11) is -0.909. The molecular weight excluding hydrogens is 390 g/mol. The van der Waals surface area contributed by atoms with E-state index in [1.54, 1.807) is 6.07 Å². The molecule has 4 rings (SSSR count). The lowest BCUT2D eigenvalue weighted by atomic mass is 10.0. The minimum Gasteiger partial charge on any atom is -0.504 e. The van der Waals surface area contributed by atoms with Crippen molar-refractivity contribution >= 4 is 32.1 Å². The minimum absolute atomic E-state index is 0.151. The molecule has 7 nitrogen and oxygen atoms in total. The number of aryl methyl sites for hydroxylation is 1. The molecule has 0 unspecified atom stereocenters. The maximum atomic E-state index is 11.5. The molecule has 0 atom stereocenters. The fourth-order valence-electron chi connectivity index (χ4n) is 3.96. The van der Waals surface area contributed by atoms with Gasteiger partial charge in [-0.05, 0) is 29.8 Å². The molecule has 8 heteroatoms. The Kier molecular flexibility index (Phi) is 4.92. The maximum absolute atomic E-state index is 11.5. The van der Waals surface area contributed by atoms with Crippen molar-refractivity contribution in [3.63, 3.8) is 0 Å². The maximum Gasteiger partial charge on any atom is 0.159 e. The number of nitrogens with one attached hydrogen (secondary N) is 1. The molecule has 3 aromatic rings. The predicted molar refractivity (Wildman–Crippen MR) is 115 cm³/mol. The Hall–Kier alpha value is -2.71. The van der Waals surface area contributed by atoms with Crippen LogP contribution in [0.4, 0.5) is 11.4 Å². The number of phenolic OH excluding ortho intramolecular Hbond substituents is 2. The van der Waals surface area contributed by atoms with Crippen molar-refractivity contribution < 1.29 is 18.6 Å². The zero-order valence-electron chi connectivity index (χ0n) is 16.5. The van der Waals surface area contributed by atoms with Gasteiger partial charge in [-0.3, -0.25) is 4.90 Å². The van der Waals surface area contributed by atoms with Gasteiger partial charge in [0.1, 0.15) is 9.84 Å². The van der Waals surface area contributed by atoms with Gasteiger partial charge in [-0.2, -0.15) is 0 Å². The molecule has 2 heterocycles. The van der Waals surface area contributed by atoms with Crippen molar-refractivity contribution in [1.82, 2.24) is 9.47 Å². The van der Waals surface area contributed by atoms with Crippen molar-refractivity contribution in [3.8, 4) is 11.5 Å². The van der Waals surface area contributed by atoms with Gasteiger partial charge in [-0.15, -0.1) is 0 Å². The number of phenols is 2. The first-order valence-electron chi connectivity index (χ1n) is 9.50. The molecular formula is C21H25N3O4S. The zero-order chi connectivity index (χ0) is 20.8. The van der Waals surface area contributed by atoms with E-state index in [-0.39, 0.29) is 17.3 Å². The molecule has 0 amide bonds. The average molecular weight is 416 g/mol.